The summed E-state index contributed by atoms with van der Waals surface area (Å²) in [5, 5.41) is 12.8. The van der Waals surface area contributed by atoms with Gasteiger partial charge >= 0.3 is 0 Å². The van der Waals surface area contributed by atoms with Crippen LogP contribution in [0.3, 0.4) is 0 Å². The van der Waals surface area contributed by atoms with Crippen molar-refractivity contribution in [2.45, 2.75) is 5.92 Å². The second kappa shape index (κ2) is 4.27. The summed E-state index contributed by atoms with van der Waals surface area (Å²) >= 11 is 0. The summed E-state index contributed by atoms with van der Waals surface area (Å²) in [6, 6.07) is 7.94. The van der Waals surface area contributed by atoms with Crippen LogP contribution in [-0.2, 0) is 0 Å². The van der Waals surface area contributed by atoms with Crippen LogP contribution in [0, 0.1) is 0 Å². The summed E-state index contributed by atoms with van der Waals surface area (Å²) in [6.07, 6.45) is 7.46. The first-order chi connectivity index (χ1) is 10.9. The second-order valence-electron chi connectivity index (χ2n) is 5.50. The van der Waals surface area contributed by atoms with Gasteiger partial charge in [-0.3, -0.25) is 4.40 Å². The first-order valence-electron chi connectivity index (χ1n) is 7.23. The first-order valence-corrected chi connectivity index (χ1v) is 7.23. The van der Waals surface area contributed by atoms with Crippen molar-refractivity contribution in [3.05, 3.63) is 54.9 Å². The zero-order valence-corrected chi connectivity index (χ0v) is 11.7. The van der Waals surface area contributed by atoms with Gasteiger partial charge in [-0.15, -0.1) is 10.2 Å². The Bertz CT molecular complexity index is 964. The van der Waals surface area contributed by atoms with Crippen molar-refractivity contribution in [3.8, 4) is 0 Å². The molecule has 0 amide bonds. The van der Waals surface area contributed by atoms with Gasteiger partial charge < -0.3 is 4.90 Å². The molecule has 0 unspecified atom stereocenters. The lowest BCUT2D eigenvalue weighted by molar-refractivity contribution is 0.493. The number of hydrogen-bond donors (Lipinski definition) is 0. The number of anilines is 1. The van der Waals surface area contributed by atoms with Crippen LogP contribution in [-0.4, -0.2) is 42.3 Å². The van der Waals surface area contributed by atoms with Crippen LogP contribution in [0.2, 0.25) is 0 Å². The fourth-order valence-electron chi connectivity index (χ4n) is 3.04. The SMILES string of the molecule is c1ccn2c(C3CN(c4nccn5nccc45)C3)nnc2c1. The van der Waals surface area contributed by atoms with Crippen LogP contribution < -0.4 is 4.90 Å². The van der Waals surface area contributed by atoms with Crippen molar-refractivity contribution < 1.29 is 0 Å². The molecule has 5 heterocycles. The molecular weight excluding hydrogens is 278 g/mol. The van der Waals surface area contributed by atoms with Gasteiger partial charge in [0, 0.05) is 31.7 Å². The summed E-state index contributed by atoms with van der Waals surface area (Å²) in [6.45, 7) is 1.79. The summed E-state index contributed by atoms with van der Waals surface area (Å²) in [7, 11) is 0. The topological polar surface area (TPSA) is 63.6 Å². The lowest BCUT2D eigenvalue weighted by Crippen LogP contribution is -2.46. The standard InChI is InChI=1S/C15H13N7/c1-2-7-21-13(3-1)18-19-14(21)11-9-20(10-11)15-12-4-5-17-22(12)8-6-16-15/h1-8,11H,9-10H2. The maximum atomic E-state index is 4.50. The zero-order chi connectivity index (χ0) is 14.5. The Labute approximate surface area is 125 Å². The Kier molecular flexibility index (Phi) is 2.26. The van der Waals surface area contributed by atoms with Gasteiger partial charge in [0.2, 0.25) is 0 Å². The molecule has 5 rings (SSSR count). The van der Waals surface area contributed by atoms with E-state index >= 15 is 0 Å². The number of pyridine rings is 1. The van der Waals surface area contributed by atoms with Gasteiger partial charge in [0.15, 0.2) is 11.5 Å². The third-order valence-electron chi connectivity index (χ3n) is 4.19. The van der Waals surface area contributed by atoms with Crippen LogP contribution in [0.15, 0.2) is 49.1 Å². The molecule has 0 saturated carbocycles. The number of fused-ring (bicyclic) bond motifs is 2. The molecule has 1 aliphatic heterocycles. The fraction of sp³-hybridized carbons (Fsp3) is 0.200. The molecule has 1 fully saturated rings. The van der Waals surface area contributed by atoms with E-state index in [9.17, 15) is 0 Å². The van der Waals surface area contributed by atoms with Crippen LogP contribution in [0.1, 0.15) is 11.7 Å². The van der Waals surface area contributed by atoms with Crippen LogP contribution >= 0.6 is 0 Å². The van der Waals surface area contributed by atoms with Crippen LogP contribution in [0.4, 0.5) is 5.82 Å². The predicted octanol–water partition coefficient (Wildman–Crippen LogP) is 1.38. The molecule has 0 atom stereocenters. The quantitative estimate of drug-likeness (QED) is 0.558. The summed E-state index contributed by atoms with van der Waals surface area (Å²) < 4.78 is 3.91. The van der Waals surface area contributed by atoms with Crippen molar-refractivity contribution >= 4 is 17.0 Å². The highest BCUT2D eigenvalue weighted by Gasteiger charge is 2.33. The fourth-order valence-corrected chi connectivity index (χ4v) is 3.04. The number of nitrogens with zero attached hydrogens (tertiary/aromatic N) is 7. The van der Waals surface area contributed by atoms with Gasteiger partial charge in [0.25, 0.3) is 0 Å². The van der Waals surface area contributed by atoms with Gasteiger partial charge in [0.1, 0.15) is 11.3 Å². The van der Waals surface area contributed by atoms with Crippen molar-refractivity contribution in [2.24, 2.45) is 0 Å². The molecular formula is C15H13N7. The van der Waals surface area contributed by atoms with Gasteiger partial charge in [-0.05, 0) is 18.2 Å². The highest BCUT2D eigenvalue weighted by atomic mass is 15.3. The first kappa shape index (κ1) is 11.7. The lowest BCUT2D eigenvalue weighted by atomic mass is 9.99. The number of aromatic nitrogens is 6. The largest absolute Gasteiger partial charge is 0.353 e. The molecule has 1 aliphatic rings. The minimum absolute atomic E-state index is 0.377. The van der Waals surface area contributed by atoms with Crippen LogP contribution in [0.5, 0.6) is 0 Å². The number of hydrogen-bond acceptors (Lipinski definition) is 5. The lowest BCUT2D eigenvalue weighted by Gasteiger charge is -2.39. The highest BCUT2D eigenvalue weighted by molar-refractivity contribution is 5.69. The van der Waals surface area contributed by atoms with E-state index in [0.29, 0.717) is 5.92 Å². The summed E-state index contributed by atoms with van der Waals surface area (Å²) in [4.78, 5) is 6.76. The van der Waals surface area contributed by atoms with Crippen molar-refractivity contribution in [3.63, 3.8) is 0 Å². The molecule has 4 aromatic heterocycles. The maximum absolute atomic E-state index is 4.50. The van der Waals surface area contributed by atoms with Crippen LogP contribution in [0.25, 0.3) is 11.2 Å². The average molecular weight is 291 g/mol. The monoisotopic (exact) mass is 291 g/mol. The zero-order valence-electron chi connectivity index (χ0n) is 11.7. The van der Waals surface area contributed by atoms with Crippen molar-refractivity contribution in [1.29, 1.82) is 0 Å². The molecule has 0 aromatic carbocycles. The molecule has 0 bridgehead atoms. The normalized spacial score (nSPS) is 15.5. The minimum Gasteiger partial charge on any atom is -0.353 e. The molecule has 0 N–H and O–H groups in total. The van der Waals surface area contributed by atoms with E-state index < -0.39 is 0 Å². The van der Waals surface area contributed by atoms with Crippen molar-refractivity contribution in [1.82, 2.24) is 29.2 Å². The molecule has 0 radical (unpaired) electrons. The molecule has 7 heteroatoms. The Morgan fingerprint density at radius 3 is 2.91 bits per heavy atom. The Morgan fingerprint density at radius 1 is 1.00 bits per heavy atom. The Hall–Kier alpha value is -2.96. The molecule has 1 saturated heterocycles. The van der Waals surface area contributed by atoms with E-state index in [1.54, 1.807) is 12.4 Å². The van der Waals surface area contributed by atoms with E-state index in [4.69, 9.17) is 0 Å². The van der Waals surface area contributed by atoms with E-state index in [0.717, 1.165) is 35.9 Å². The third kappa shape index (κ3) is 1.56. The van der Waals surface area contributed by atoms with Gasteiger partial charge in [0.05, 0.1) is 12.1 Å². The summed E-state index contributed by atoms with van der Waals surface area (Å²) in [5.74, 6) is 2.37. The van der Waals surface area contributed by atoms with E-state index in [-0.39, 0.29) is 0 Å². The Morgan fingerprint density at radius 2 is 1.95 bits per heavy atom. The van der Waals surface area contributed by atoms with Gasteiger partial charge in [-0.25, -0.2) is 9.50 Å². The average Bonchev–Trinajstić information content (AvgIpc) is 3.13. The van der Waals surface area contributed by atoms with E-state index in [2.05, 4.69) is 29.6 Å². The van der Waals surface area contributed by atoms with Crippen molar-refractivity contribution in [2.75, 3.05) is 18.0 Å². The minimum atomic E-state index is 0.377. The maximum Gasteiger partial charge on any atom is 0.160 e. The number of rotatable bonds is 2. The highest BCUT2D eigenvalue weighted by Crippen LogP contribution is 2.31. The molecule has 0 aliphatic carbocycles. The molecule has 108 valence electrons. The summed E-state index contributed by atoms with van der Waals surface area (Å²) in [5.41, 5.74) is 1.93. The van der Waals surface area contributed by atoms with Gasteiger partial charge in [-0.2, -0.15) is 5.10 Å². The second-order valence-corrected chi connectivity index (χ2v) is 5.50. The van der Waals surface area contributed by atoms with E-state index in [1.165, 1.54) is 0 Å². The van der Waals surface area contributed by atoms with Gasteiger partial charge in [-0.1, -0.05) is 6.07 Å². The Balaban J connectivity index is 1.46. The molecule has 4 aromatic rings. The third-order valence-corrected chi connectivity index (χ3v) is 4.19. The predicted molar refractivity (Wildman–Crippen MR) is 80.9 cm³/mol. The smallest absolute Gasteiger partial charge is 0.160 e. The van der Waals surface area contributed by atoms with E-state index in [1.807, 2.05) is 41.2 Å². The molecule has 7 nitrogen and oxygen atoms in total. The molecule has 0 spiro atoms. The molecule has 22 heavy (non-hydrogen) atoms.